The van der Waals surface area contributed by atoms with Gasteiger partial charge in [0.25, 0.3) is 11.1 Å². The van der Waals surface area contributed by atoms with Crippen molar-refractivity contribution in [3.63, 3.8) is 0 Å². The Balaban J connectivity index is 1.22. The number of aromatic amines is 2. The molecule has 20 heteroatoms. The van der Waals surface area contributed by atoms with E-state index in [0.717, 1.165) is 0 Å². The molecule has 8 atom stereocenters. The molecule has 0 saturated carbocycles. The molecular formula is C30H28N10O10. The molecule has 0 radical (unpaired) electrons. The summed E-state index contributed by atoms with van der Waals surface area (Å²) in [7, 11) is 0. The number of aliphatic hydroxyl groups is 6. The molecule has 1 aromatic carbocycles. The van der Waals surface area contributed by atoms with Gasteiger partial charge in [0.15, 0.2) is 46.4 Å². The summed E-state index contributed by atoms with van der Waals surface area (Å²) in [6.45, 7) is -1.17. The lowest BCUT2D eigenvalue weighted by Crippen LogP contribution is -2.33. The molecule has 7 rings (SSSR count). The van der Waals surface area contributed by atoms with Gasteiger partial charge in [-0.2, -0.15) is 9.97 Å². The number of nitrogens with one attached hydrogen (secondary N) is 2. The van der Waals surface area contributed by atoms with Crippen LogP contribution in [0.3, 0.4) is 0 Å². The van der Waals surface area contributed by atoms with Gasteiger partial charge < -0.3 is 51.6 Å². The number of hydrogen-bond donors (Lipinski definition) is 10. The number of fused-ring (bicyclic) bond motifs is 2. The zero-order valence-electron chi connectivity index (χ0n) is 25.5. The lowest BCUT2D eigenvalue weighted by molar-refractivity contribution is -0.0514. The predicted octanol–water partition coefficient (Wildman–Crippen LogP) is -4.26. The second-order valence-electron chi connectivity index (χ2n) is 11.4. The van der Waals surface area contributed by atoms with Crippen molar-refractivity contribution in [3.05, 3.63) is 67.7 Å². The van der Waals surface area contributed by atoms with Gasteiger partial charge in [0.1, 0.15) is 36.6 Å². The standard InChI is InChI=1S/C30H28N10O10/c31-29-35-23-17(25(47)37-29)33-15(39(23)27-21(45)19(43)13(9-41)49-27)7-5-11-1-2-12(4-3-11)6-8-16-34-18-24(36-30(32)38-26(18)48)40(16)28-22(46)20(44)14(10-42)50-28/h1-4,13-14,19-22,27-28,41-46H,9-10H2,(H3,31,35,37,47)(H3,32,36,38,48)/t13-,14-,19-,20-,21-,22-,27-,28-/m1/s1. The molecule has 50 heavy (non-hydrogen) atoms. The first-order chi connectivity index (χ1) is 24.0. The maximum atomic E-state index is 12.6. The van der Waals surface area contributed by atoms with Crippen LogP contribution in [0, 0.1) is 23.7 Å². The summed E-state index contributed by atoms with van der Waals surface area (Å²) in [5.41, 5.74) is 10.7. The average Bonchev–Trinajstić information content (AvgIpc) is 3.80. The molecule has 0 unspecified atom stereocenters. The maximum Gasteiger partial charge on any atom is 0.280 e. The molecule has 5 aromatic rings. The second kappa shape index (κ2) is 12.6. The third-order valence-electron chi connectivity index (χ3n) is 8.20. The molecule has 4 aromatic heterocycles. The van der Waals surface area contributed by atoms with Gasteiger partial charge in [-0.1, -0.05) is 11.8 Å². The van der Waals surface area contributed by atoms with Gasteiger partial charge >= 0.3 is 0 Å². The van der Waals surface area contributed by atoms with Crippen LogP contribution in [0.4, 0.5) is 11.9 Å². The number of rotatable bonds is 4. The van der Waals surface area contributed by atoms with E-state index in [4.69, 9.17) is 20.9 Å². The number of nitrogens with zero attached hydrogens (tertiary/aromatic N) is 6. The number of aliphatic hydroxyl groups excluding tert-OH is 6. The third-order valence-corrected chi connectivity index (χ3v) is 8.20. The van der Waals surface area contributed by atoms with Crippen LogP contribution in [0.25, 0.3) is 22.3 Å². The van der Waals surface area contributed by atoms with E-state index in [1.807, 2.05) is 0 Å². The normalized spacial score (nSPS) is 26.2. The Morgan fingerprint density at radius 3 is 1.36 bits per heavy atom. The number of nitrogen functional groups attached to an aromatic ring is 2. The molecule has 0 amide bonds. The second-order valence-corrected chi connectivity index (χ2v) is 11.4. The smallest absolute Gasteiger partial charge is 0.280 e. The lowest BCUT2D eigenvalue weighted by atomic mass is 10.1. The molecule has 2 saturated heterocycles. The Bertz CT molecular complexity index is 2200. The highest BCUT2D eigenvalue weighted by molar-refractivity contribution is 5.74. The summed E-state index contributed by atoms with van der Waals surface area (Å²) in [5, 5.41) is 61.2. The number of H-pyrrole nitrogens is 2. The summed E-state index contributed by atoms with van der Waals surface area (Å²) < 4.78 is 13.8. The average molecular weight is 689 g/mol. The largest absolute Gasteiger partial charge is 0.394 e. The van der Waals surface area contributed by atoms with Crippen molar-refractivity contribution in [1.29, 1.82) is 0 Å². The van der Waals surface area contributed by atoms with Crippen molar-refractivity contribution in [1.82, 2.24) is 39.0 Å². The minimum Gasteiger partial charge on any atom is -0.394 e. The van der Waals surface area contributed by atoms with E-state index in [0.29, 0.717) is 11.1 Å². The number of ether oxygens (including phenoxy) is 2. The minimum atomic E-state index is -1.52. The minimum absolute atomic E-state index is 0.0460. The molecule has 12 N–H and O–H groups in total. The van der Waals surface area contributed by atoms with Gasteiger partial charge in [0, 0.05) is 11.1 Å². The van der Waals surface area contributed by atoms with E-state index in [9.17, 15) is 40.2 Å². The van der Waals surface area contributed by atoms with Crippen LogP contribution >= 0.6 is 0 Å². The van der Waals surface area contributed by atoms with Crippen LogP contribution < -0.4 is 22.6 Å². The summed E-state index contributed by atoms with van der Waals surface area (Å²) in [4.78, 5) is 46.6. The zero-order valence-corrected chi connectivity index (χ0v) is 25.5. The van der Waals surface area contributed by atoms with Gasteiger partial charge in [-0.3, -0.25) is 28.7 Å². The molecular weight excluding hydrogens is 660 g/mol. The molecule has 2 aliphatic heterocycles. The lowest BCUT2D eigenvalue weighted by Gasteiger charge is -2.17. The fourth-order valence-electron chi connectivity index (χ4n) is 5.74. The topological polar surface area (TPSA) is 319 Å². The van der Waals surface area contributed by atoms with Gasteiger partial charge in [-0.15, -0.1) is 0 Å². The van der Waals surface area contributed by atoms with E-state index in [-0.39, 0.29) is 45.9 Å². The van der Waals surface area contributed by atoms with Gasteiger partial charge in [0.2, 0.25) is 11.9 Å². The van der Waals surface area contributed by atoms with Crippen molar-refractivity contribution in [3.8, 4) is 23.7 Å². The number of nitrogens with two attached hydrogens (primary N) is 2. The Kier molecular flexibility index (Phi) is 8.31. The number of aromatic nitrogens is 8. The van der Waals surface area contributed by atoms with Crippen molar-refractivity contribution in [2.24, 2.45) is 0 Å². The third kappa shape index (κ3) is 5.53. The highest BCUT2D eigenvalue weighted by Gasteiger charge is 2.46. The van der Waals surface area contributed by atoms with Gasteiger partial charge in [-0.25, -0.2) is 9.97 Å². The summed E-state index contributed by atoms with van der Waals surface area (Å²) in [5.74, 6) is 10.9. The Labute approximate surface area is 278 Å². The van der Waals surface area contributed by atoms with Crippen molar-refractivity contribution in [2.75, 3.05) is 24.7 Å². The SMILES string of the molecule is Nc1nc2c(nc(C#Cc3ccc(C#Cc4nc5c(=O)[nH]c(N)nc5n4[C@@H]4O[C@H](CO)[C@@H](O)[C@H]4O)cc3)n2[C@@H]2O[C@H](CO)[C@@H](O)[C@H]2O)c(=O)[nH]1. The van der Waals surface area contributed by atoms with Crippen LogP contribution in [0.5, 0.6) is 0 Å². The number of anilines is 2. The number of benzene rings is 1. The van der Waals surface area contributed by atoms with Gasteiger partial charge in [-0.05, 0) is 36.1 Å². The summed E-state index contributed by atoms with van der Waals surface area (Å²) >= 11 is 0. The van der Waals surface area contributed by atoms with E-state index < -0.39 is 73.4 Å². The van der Waals surface area contributed by atoms with Crippen LogP contribution in [-0.4, -0.2) is 120 Å². The number of imidazole rings is 2. The molecule has 0 aliphatic carbocycles. The fraction of sp³-hybridized carbons (Fsp3) is 0.333. The zero-order chi connectivity index (χ0) is 35.4. The first kappa shape index (κ1) is 32.8. The molecule has 258 valence electrons. The Morgan fingerprint density at radius 2 is 1.02 bits per heavy atom. The summed E-state index contributed by atoms with van der Waals surface area (Å²) in [6, 6.07) is 6.51. The Hall–Kier alpha value is -5.68. The molecule has 0 bridgehead atoms. The van der Waals surface area contributed by atoms with Crippen molar-refractivity contribution in [2.45, 2.75) is 49.1 Å². The van der Waals surface area contributed by atoms with Crippen molar-refractivity contribution < 1.29 is 40.1 Å². The molecule has 20 nitrogen and oxygen atoms in total. The first-order valence-corrected chi connectivity index (χ1v) is 14.9. The highest BCUT2D eigenvalue weighted by atomic mass is 16.6. The van der Waals surface area contributed by atoms with Crippen LogP contribution in [0.1, 0.15) is 35.2 Å². The maximum absolute atomic E-state index is 12.6. The Morgan fingerprint density at radius 1 is 0.640 bits per heavy atom. The number of hydrogen-bond acceptors (Lipinski definition) is 16. The van der Waals surface area contributed by atoms with Crippen molar-refractivity contribution >= 4 is 34.2 Å². The van der Waals surface area contributed by atoms with E-state index in [1.165, 1.54) is 9.13 Å². The molecule has 2 aliphatic rings. The molecule has 2 fully saturated rings. The summed E-state index contributed by atoms with van der Waals surface area (Å²) in [6.07, 6.45) is -10.8. The van der Waals surface area contributed by atoms with E-state index >= 15 is 0 Å². The van der Waals surface area contributed by atoms with Crippen LogP contribution in [-0.2, 0) is 9.47 Å². The van der Waals surface area contributed by atoms with E-state index in [2.05, 4.69) is 53.6 Å². The monoisotopic (exact) mass is 688 g/mol. The quantitative estimate of drug-likeness (QED) is 0.0799. The fourth-order valence-corrected chi connectivity index (χ4v) is 5.74. The van der Waals surface area contributed by atoms with Gasteiger partial charge in [0.05, 0.1) is 13.2 Å². The van der Waals surface area contributed by atoms with Crippen LogP contribution in [0.15, 0.2) is 33.9 Å². The van der Waals surface area contributed by atoms with E-state index in [1.54, 1.807) is 24.3 Å². The first-order valence-electron chi connectivity index (χ1n) is 14.9. The molecule has 0 spiro atoms. The predicted molar refractivity (Wildman–Crippen MR) is 170 cm³/mol. The highest BCUT2D eigenvalue weighted by Crippen LogP contribution is 2.33. The molecule has 6 heterocycles. The van der Waals surface area contributed by atoms with Crippen LogP contribution in [0.2, 0.25) is 0 Å².